The SMILES string of the molecule is CC(C)CCCC(C)NC(=O)COC(=O)c1ccc(S(=O)(=O)NCc2ccco2)cc1. The molecule has 0 saturated carbocycles. The van der Waals surface area contributed by atoms with Crippen LogP contribution in [0.2, 0.25) is 0 Å². The summed E-state index contributed by atoms with van der Waals surface area (Å²) in [7, 11) is -3.76. The first-order valence-electron chi connectivity index (χ1n) is 10.3. The molecule has 0 spiro atoms. The second kappa shape index (κ2) is 11.7. The molecular formula is C22H30N2O6S. The van der Waals surface area contributed by atoms with Crippen LogP contribution in [0.4, 0.5) is 0 Å². The van der Waals surface area contributed by atoms with Crippen LogP contribution in [0.25, 0.3) is 0 Å². The zero-order valence-electron chi connectivity index (χ0n) is 18.1. The molecular weight excluding hydrogens is 420 g/mol. The van der Waals surface area contributed by atoms with Gasteiger partial charge in [0.15, 0.2) is 6.61 Å². The van der Waals surface area contributed by atoms with Gasteiger partial charge in [-0.3, -0.25) is 4.79 Å². The minimum atomic E-state index is -3.76. The quantitative estimate of drug-likeness (QED) is 0.480. The minimum absolute atomic E-state index is 0.00289. The summed E-state index contributed by atoms with van der Waals surface area (Å²) in [5.74, 6) is 0.0372. The van der Waals surface area contributed by atoms with Crippen molar-refractivity contribution in [2.45, 2.75) is 57.5 Å². The zero-order chi connectivity index (χ0) is 22.9. The van der Waals surface area contributed by atoms with Crippen LogP contribution in [0.3, 0.4) is 0 Å². The third kappa shape index (κ3) is 8.55. The van der Waals surface area contributed by atoms with E-state index in [2.05, 4.69) is 23.9 Å². The Hall–Kier alpha value is -2.65. The summed E-state index contributed by atoms with van der Waals surface area (Å²) in [5.41, 5.74) is 0.155. The fraction of sp³-hybridized carbons (Fsp3) is 0.455. The van der Waals surface area contributed by atoms with E-state index < -0.39 is 22.6 Å². The number of hydrogen-bond donors (Lipinski definition) is 2. The van der Waals surface area contributed by atoms with Gasteiger partial charge in [-0.1, -0.05) is 26.7 Å². The normalized spacial score (nSPS) is 12.5. The molecule has 8 nitrogen and oxygen atoms in total. The average molecular weight is 451 g/mol. The van der Waals surface area contributed by atoms with E-state index in [1.807, 2.05) is 6.92 Å². The molecule has 1 heterocycles. The highest BCUT2D eigenvalue weighted by molar-refractivity contribution is 7.89. The summed E-state index contributed by atoms with van der Waals surface area (Å²) < 4.78 is 37.2. The lowest BCUT2D eigenvalue weighted by atomic mass is 10.0. The van der Waals surface area contributed by atoms with Gasteiger partial charge >= 0.3 is 5.97 Å². The molecule has 2 rings (SSSR count). The van der Waals surface area contributed by atoms with Crippen molar-refractivity contribution in [2.75, 3.05) is 6.61 Å². The van der Waals surface area contributed by atoms with E-state index in [0.29, 0.717) is 11.7 Å². The summed E-state index contributed by atoms with van der Waals surface area (Å²) in [5, 5.41) is 2.80. The van der Waals surface area contributed by atoms with Gasteiger partial charge in [-0.25, -0.2) is 17.9 Å². The number of rotatable bonds is 12. The lowest BCUT2D eigenvalue weighted by Crippen LogP contribution is -2.35. The largest absolute Gasteiger partial charge is 0.468 e. The molecule has 1 amide bonds. The number of furan rings is 1. The number of carbonyl (C=O) groups excluding carboxylic acids is 2. The van der Waals surface area contributed by atoms with Crippen LogP contribution in [0.1, 0.15) is 56.2 Å². The first kappa shape index (κ1) is 24.6. The zero-order valence-corrected chi connectivity index (χ0v) is 18.9. The number of carbonyl (C=O) groups is 2. The standard InChI is InChI=1S/C22H30N2O6S/c1-16(2)6-4-7-17(3)24-21(25)15-30-22(26)18-9-11-20(12-10-18)31(27,28)23-14-19-8-5-13-29-19/h5,8-13,16-17,23H,4,6-7,14-15H2,1-3H3,(H,24,25). The molecule has 2 aromatic rings. The van der Waals surface area contributed by atoms with E-state index in [1.54, 1.807) is 12.1 Å². The number of benzene rings is 1. The lowest BCUT2D eigenvalue weighted by Gasteiger charge is -2.14. The van der Waals surface area contributed by atoms with Crippen molar-refractivity contribution in [1.82, 2.24) is 10.0 Å². The van der Waals surface area contributed by atoms with Gasteiger partial charge in [0.1, 0.15) is 5.76 Å². The number of nitrogens with one attached hydrogen (secondary N) is 2. The fourth-order valence-corrected chi connectivity index (χ4v) is 3.86. The lowest BCUT2D eigenvalue weighted by molar-refractivity contribution is -0.124. The van der Waals surface area contributed by atoms with Crippen LogP contribution in [0, 0.1) is 5.92 Å². The summed E-state index contributed by atoms with van der Waals surface area (Å²) in [4.78, 5) is 24.1. The highest BCUT2D eigenvalue weighted by atomic mass is 32.2. The van der Waals surface area contributed by atoms with Crippen LogP contribution in [0.15, 0.2) is 52.0 Å². The van der Waals surface area contributed by atoms with Crippen molar-refractivity contribution in [1.29, 1.82) is 0 Å². The van der Waals surface area contributed by atoms with E-state index in [9.17, 15) is 18.0 Å². The van der Waals surface area contributed by atoms with Crippen molar-refractivity contribution >= 4 is 21.9 Å². The second-order valence-corrected chi connectivity index (χ2v) is 9.56. The number of esters is 1. The maximum atomic E-state index is 12.3. The van der Waals surface area contributed by atoms with Gasteiger partial charge in [0.2, 0.25) is 10.0 Å². The monoisotopic (exact) mass is 450 g/mol. The summed E-state index contributed by atoms with van der Waals surface area (Å²) in [6.07, 6.45) is 4.43. The van der Waals surface area contributed by atoms with Crippen molar-refractivity contribution in [3.8, 4) is 0 Å². The van der Waals surface area contributed by atoms with Crippen LogP contribution in [0.5, 0.6) is 0 Å². The molecule has 1 aromatic heterocycles. The smallest absolute Gasteiger partial charge is 0.338 e. The molecule has 0 aliphatic heterocycles. The number of amides is 1. The van der Waals surface area contributed by atoms with E-state index in [0.717, 1.165) is 19.3 Å². The predicted molar refractivity (Wildman–Crippen MR) is 116 cm³/mol. The first-order chi connectivity index (χ1) is 14.7. The number of ether oxygens (including phenoxy) is 1. The van der Waals surface area contributed by atoms with Crippen LogP contribution < -0.4 is 10.0 Å². The van der Waals surface area contributed by atoms with Crippen LogP contribution >= 0.6 is 0 Å². The molecule has 170 valence electrons. The Kier molecular flexibility index (Phi) is 9.26. The van der Waals surface area contributed by atoms with Crippen LogP contribution in [-0.2, 0) is 26.1 Å². The molecule has 2 N–H and O–H groups in total. The molecule has 1 unspecified atom stereocenters. The van der Waals surface area contributed by atoms with Gasteiger partial charge in [-0.05, 0) is 55.7 Å². The van der Waals surface area contributed by atoms with E-state index in [-0.39, 0.29) is 29.0 Å². The maximum absolute atomic E-state index is 12.3. The van der Waals surface area contributed by atoms with Gasteiger partial charge in [0.05, 0.1) is 23.3 Å². The fourth-order valence-electron chi connectivity index (χ4n) is 2.87. The Morgan fingerprint density at radius 2 is 1.77 bits per heavy atom. The molecule has 9 heteroatoms. The second-order valence-electron chi connectivity index (χ2n) is 7.80. The Morgan fingerprint density at radius 3 is 2.39 bits per heavy atom. The molecule has 1 atom stereocenters. The van der Waals surface area contributed by atoms with Gasteiger partial charge in [0, 0.05) is 6.04 Å². The minimum Gasteiger partial charge on any atom is -0.468 e. The Labute approximate surface area is 183 Å². The van der Waals surface area contributed by atoms with Gasteiger partial charge in [-0.2, -0.15) is 0 Å². The molecule has 0 aliphatic rings. The molecule has 0 aliphatic carbocycles. The maximum Gasteiger partial charge on any atom is 0.338 e. The van der Waals surface area contributed by atoms with Crippen molar-refractivity contribution in [2.24, 2.45) is 5.92 Å². The van der Waals surface area contributed by atoms with Gasteiger partial charge in [0.25, 0.3) is 5.91 Å². The molecule has 1 aromatic carbocycles. The summed E-state index contributed by atoms with van der Waals surface area (Å²) in [6.45, 7) is 5.85. The van der Waals surface area contributed by atoms with Crippen molar-refractivity contribution in [3.05, 3.63) is 54.0 Å². The highest BCUT2D eigenvalue weighted by Crippen LogP contribution is 2.13. The first-order valence-corrected chi connectivity index (χ1v) is 11.7. The molecule has 0 fully saturated rings. The molecule has 0 bridgehead atoms. The number of sulfonamides is 1. The Bertz CT molecular complexity index is 937. The summed E-state index contributed by atoms with van der Waals surface area (Å²) in [6, 6.07) is 8.62. The van der Waals surface area contributed by atoms with E-state index in [4.69, 9.17) is 9.15 Å². The summed E-state index contributed by atoms with van der Waals surface area (Å²) >= 11 is 0. The van der Waals surface area contributed by atoms with E-state index >= 15 is 0 Å². The van der Waals surface area contributed by atoms with Crippen LogP contribution in [-0.4, -0.2) is 32.9 Å². The Morgan fingerprint density at radius 1 is 1.06 bits per heavy atom. The predicted octanol–water partition coefficient (Wildman–Crippen LogP) is 3.25. The van der Waals surface area contributed by atoms with Crippen molar-refractivity contribution in [3.63, 3.8) is 0 Å². The third-order valence-corrected chi connectivity index (χ3v) is 5.99. The molecule has 0 saturated heterocycles. The van der Waals surface area contributed by atoms with Gasteiger partial charge < -0.3 is 14.5 Å². The molecule has 0 radical (unpaired) electrons. The Balaban J connectivity index is 1.80. The topological polar surface area (TPSA) is 115 Å². The third-order valence-electron chi connectivity index (χ3n) is 4.58. The molecule has 31 heavy (non-hydrogen) atoms. The number of hydrogen-bond acceptors (Lipinski definition) is 6. The van der Waals surface area contributed by atoms with E-state index in [1.165, 1.54) is 30.5 Å². The highest BCUT2D eigenvalue weighted by Gasteiger charge is 2.17. The van der Waals surface area contributed by atoms with Gasteiger partial charge in [-0.15, -0.1) is 0 Å². The average Bonchev–Trinajstić information content (AvgIpc) is 3.24. The van der Waals surface area contributed by atoms with Crippen molar-refractivity contribution < 1.29 is 27.2 Å².